The predicted octanol–water partition coefficient (Wildman–Crippen LogP) is 4.34. The van der Waals surface area contributed by atoms with Crippen molar-refractivity contribution in [3.8, 4) is 0 Å². The van der Waals surface area contributed by atoms with Gasteiger partial charge in [0.2, 0.25) is 0 Å². The number of hydrogen-bond acceptors (Lipinski definition) is 5. The van der Waals surface area contributed by atoms with Gasteiger partial charge in [-0.05, 0) is 24.8 Å². The summed E-state index contributed by atoms with van der Waals surface area (Å²) in [5.74, 6) is -0.197. The Morgan fingerprint density at radius 1 is 0.906 bits per heavy atom. The molecule has 6 nitrogen and oxygen atoms in total. The summed E-state index contributed by atoms with van der Waals surface area (Å²) in [5, 5.41) is 0. The Morgan fingerprint density at radius 2 is 1.53 bits per heavy atom. The van der Waals surface area contributed by atoms with Crippen LogP contribution in [0.2, 0.25) is 0 Å². The van der Waals surface area contributed by atoms with Gasteiger partial charge in [-0.2, -0.15) is 0 Å². The molecule has 0 bridgehead atoms. The number of ketones is 2. The molecule has 164 valence electrons. The van der Waals surface area contributed by atoms with E-state index in [2.05, 4.69) is 0 Å². The van der Waals surface area contributed by atoms with Crippen LogP contribution in [0.25, 0.3) is 0 Å². The van der Waals surface area contributed by atoms with E-state index in [-0.39, 0.29) is 18.2 Å². The number of amides is 1. The molecule has 2 aliphatic heterocycles. The highest BCUT2D eigenvalue weighted by Gasteiger charge is 2.47. The lowest BCUT2D eigenvalue weighted by Crippen LogP contribution is -2.55. The zero-order valence-corrected chi connectivity index (χ0v) is 17.8. The quantitative estimate of drug-likeness (QED) is 0.707. The molecular weight excluding hydrogens is 406 g/mol. The Morgan fingerprint density at radius 3 is 2.22 bits per heavy atom. The fourth-order valence-corrected chi connectivity index (χ4v) is 5.10. The highest BCUT2D eigenvalue weighted by molar-refractivity contribution is 6.27. The van der Waals surface area contributed by atoms with Crippen LogP contribution in [0.3, 0.4) is 0 Å². The lowest BCUT2D eigenvalue weighted by atomic mass is 9.76. The predicted molar refractivity (Wildman–Crippen MR) is 117 cm³/mol. The van der Waals surface area contributed by atoms with E-state index in [0.29, 0.717) is 67.7 Å². The largest absolute Gasteiger partial charge is 0.445 e. The van der Waals surface area contributed by atoms with E-state index in [1.807, 2.05) is 30.3 Å². The van der Waals surface area contributed by atoms with Gasteiger partial charge in [-0.1, -0.05) is 54.6 Å². The van der Waals surface area contributed by atoms with E-state index in [1.165, 1.54) is 0 Å². The van der Waals surface area contributed by atoms with Gasteiger partial charge in [-0.15, -0.1) is 0 Å². The maximum absolute atomic E-state index is 13.4. The molecule has 2 aromatic rings. The molecule has 1 aliphatic carbocycles. The van der Waals surface area contributed by atoms with Crippen LogP contribution in [-0.4, -0.2) is 47.9 Å². The van der Waals surface area contributed by atoms with Crippen LogP contribution < -0.4 is 0 Å². The summed E-state index contributed by atoms with van der Waals surface area (Å²) < 4.78 is 11.3. The Hall–Kier alpha value is -3.25. The third-order valence-electron chi connectivity index (χ3n) is 6.84. The summed E-state index contributed by atoms with van der Waals surface area (Å²) in [7, 11) is 0. The molecule has 0 aromatic heterocycles. The minimum Gasteiger partial charge on any atom is -0.445 e. The molecule has 2 heterocycles. The Bertz CT molecular complexity index is 1100. The van der Waals surface area contributed by atoms with Crippen molar-refractivity contribution in [1.29, 1.82) is 0 Å². The number of ether oxygens (including phenoxy) is 2. The number of hydrogen-bond donors (Lipinski definition) is 0. The first kappa shape index (κ1) is 20.6. The molecule has 0 saturated carbocycles. The van der Waals surface area contributed by atoms with E-state index in [1.54, 1.807) is 29.2 Å². The Labute approximate surface area is 186 Å². The molecule has 0 N–H and O–H groups in total. The van der Waals surface area contributed by atoms with Crippen molar-refractivity contribution in [1.82, 2.24) is 4.90 Å². The molecule has 1 amide bonds. The normalized spacial score (nSPS) is 19.9. The molecule has 6 heteroatoms. The minimum atomic E-state index is -0.592. The average molecular weight is 431 g/mol. The lowest BCUT2D eigenvalue weighted by Gasteiger charge is -2.45. The van der Waals surface area contributed by atoms with Crippen LogP contribution >= 0.6 is 0 Å². The Kier molecular flexibility index (Phi) is 5.39. The SMILES string of the molecule is O=C1C2=C(CC3(CCOCC3)N(C(=O)OCc3ccccc3)CC2)C(=O)c2ccccc21. The Balaban J connectivity index is 1.46. The van der Waals surface area contributed by atoms with Gasteiger partial charge >= 0.3 is 6.09 Å². The van der Waals surface area contributed by atoms with Crippen LogP contribution in [0.5, 0.6) is 0 Å². The van der Waals surface area contributed by atoms with Crippen LogP contribution in [0, 0.1) is 0 Å². The number of carbonyl (C=O) groups excluding carboxylic acids is 3. The van der Waals surface area contributed by atoms with Gasteiger partial charge in [0.1, 0.15) is 6.61 Å². The van der Waals surface area contributed by atoms with Crippen LogP contribution in [-0.2, 0) is 16.1 Å². The number of Topliss-reactive ketones (excluding diaryl/α,β-unsaturated/α-hetero) is 2. The van der Waals surface area contributed by atoms with Gasteiger partial charge in [0.25, 0.3) is 0 Å². The van der Waals surface area contributed by atoms with E-state index < -0.39 is 11.6 Å². The number of benzene rings is 2. The second-order valence-corrected chi connectivity index (χ2v) is 8.62. The van der Waals surface area contributed by atoms with Crippen molar-refractivity contribution < 1.29 is 23.9 Å². The number of nitrogens with zero attached hydrogens (tertiary/aromatic N) is 1. The summed E-state index contributed by atoms with van der Waals surface area (Å²) >= 11 is 0. The second kappa shape index (κ2) is 8.36. The van der Waals surface area contributed by atoms with Crippen LogP contribution in [0.1, 0.15) is 52.0 Å². The highest BCUT2D eigenvalue weighted by atomic mass is 16.6. The molecule has 32 heavy (non-hydrogen) atoms. The monoisotopic (exact) mass is 431 g/mol. The first-order chi connectivity index (χ1) is 15.6. The zero-order chi connectivity index (χ0) is 22.1. The van der Waals surface area contributed by atoms with Crippen molar-refractivity contribution in [2.45, 2.75) is 37.8 Å². The van der Waals surface area contributed by atoms with Crippen molar-refractivity contribution >= 4 is 17.7 Å². The van der Waals surface area contributed by atoms with E-state index >= 15 is 0 Å². The number of rotatable bonds is 2. The molecule has 3 aliphatic rings. The minimum absolute atomic E-state index is 0.0967. The van der Waals surface area contributed by atoms with Gasteiger partial charge in [0.05, 0.1) is 5.54 Å². The maximum atomic E-state index is 13.4. The smallest absolute Gasteiger partial charge is 0.410 e. The topological polar surface area (TPSA) is 72.9 Å². The maximum Gasteiger partial charge on any atom is 0.410 e. The third kappa shape index (κ3) is 3.54. The van der Waals surface area contributed by atoms with Crippen molar-refractivity contribution in [2.24, 2.45) is 0 Å². The third-order valence-corrected chi connectivity index (χ3v) is 6.84. The lowest BCUT2D eigenvalue weighted by molar-refractivity contribution is -0.0263. The number of carbonyl (C=O) groups is 3. The van der Waals surface area contributed by atoms with Crippen molar-refractivity contribution in [3.05, 3.63) is 82.4 Å². The molecule has 0 unspecified atom stereocenters. The summed E-state index contributed by atoms with van der Waals surface area (Å²) in [6.45, 7) is 1.53. The molecule has 1 spiro atoms. The highest BCUT2D eigenvalue weighted by Crippen LogP contribution is 2.42. The van der Waals surface area contributed by atoms with Gasteiger partial charge in [0.15, 0.2) is 11.6 Å². The summed E-state index contributed by atoms with van der Waals surface area (Å²) in [6.07, 6.45) is 1.50. The van der Waals surface area contributed by atoms with Gasteiger partial charge in [-0.3, -0.25) is 9.59 Å². The average Bonchev–Trinajstić information content (AvgIpc) is 3.00. The molecule has 2 aromatic carbocycles. The molecule has 0 radical (unpaired) electrons. The van der Waals surface area contributed by atoms with Crippen molar-refractivity contribution in [2.75, 3.05) is 19.8 Å². The van der Waals surface area contributed by atoms with E-state index in [9.17, 15) is 14.4 Å². The van der Waals surface area contributed by atoms with E-state index in [0.717, 1.165) is 5.56 Å². The molecule has 1 fully saturated rings. The second-order valence-electron chi connectivity index (χ2n) is 8.62. The summed E-state index contributed by atoms with van der Waals surface area (Å²) in [6, 6.07) is 16.5. The van der Waals surface area contributed by atoms with Gasteiger partial charge in [0, 0.05) is 48.5 Å². The standard InChI is InChI=1S/C26H25NO5/c28-23-19-8-4-5-9-20(19)24(29)22-16-26(11-14-31-15-12-26)27(13-10-21(22)23)25(30)32-17-18-6-2-1-3-7-18/h1-9H,10-17H2. The van der Waals surface area contributed by atoms with Gasteiger partial charge < -0.3 is 14.4 Å². The van der Waals surface area contributed by atoms with Crippen LogP contribution in [0.15, 0.2) is 65.7 Å². The molecular formula is C26H25NO5. The first-order valence-corrected chi connectivity index (χ1v) is 11.1. The fraction of sp³-hybridized carbons (Fsp3) is 0.346. The number of fused-ring (bicyclic) bond motifs is 1. The molecule has 1 saturated heterocycles. The molecule has 5 rings (SSSR count). The molecule has 0 atom stereocenters. The fourth-order valence-electron chi connectivity index (χ4n) is 5.10. The summed E-state index contributed by atoms with van der Waals surface area (Å²) in [4.78, 5) is 41.6. The van der Waals surface area contributed by atoms with Gasteiger partial charge in [-0.25, -0.2) is 4.79 Å². The van der Waals surface area contributed by atoms with Crippen LogP contribution in [0.4, 0.5) is 4.79 Å². The van der Waals surface area contributed by atoms with E-state index in [4.69, 9.17) is 9.47 Å². The zero-order valence-electron chi connectivity index (χ0n) is 17.8. The van der Waals surface area contributed by atoms with Crippen molar-refractivity contribution in [3.63, 3.8) is 0 Å². The first-order valence-electron chi connectivity index (χ1n) is 11.1. The summed E-state index contributed by atoms with van der Waals surface area (Å²) in [5.41, 5.74) is 2.32.